The summed E-state index contributed by atoms with van der Waals surface area (Å²) >= 11 is 0. The molecule has 4 heteroatoms. The molecule has 1 unspecified atom stereocenters. The molecule has 0 saturated carbocycles. The first kappa shape index (κ1) is 11.7. The maximum Gasteiger partial charge on any atom is 0.303 e. The summed E-state index contributed by atoms with van der Waals surface area (Å²) in [5.74, 6) is -0.819. The van der Waals surface area contributed by atoms with Crippen LogP contribution in [0.5, 0.6) is 0 Å². The van der Waals surface area contributed by atoms with Gasteiger partial charge in [-0.1, -0.05) is 24.3 Å². The van der Waals surface area contributed by atoms with Crippen LogP contribution in [0.4, 0.5) is 0 Å². The molecule has 0 aliphatic rings. The van der Waals surface area contributed by atoms with Crippen LogP contribution in [0.3, 0.4) is 0 Å². The Morgan fingerprint density at radius 2 is 2.20 bits per heavy atom. The number of benzene rings is 1. The van der Waals surface area contributed by atoms with Gasteiger partial charge in [0, 0.05) is 19.0 Å². The molecule has 0 heterocycles. The average Bonchev–Trinajstić information content (AvgIpc) is 2.26. The molecule has 5 N–H and O–H groups in total. The molecule has 0 bridgehead atoms. The van der Waals surface area contributed by atoms with Crippen molar-refractivity contribution >= 4 is 5.97 Å². The largest absolute Gasteiger partial charge is 0.481 e. The number of nitrogens with two attached hydrogens (primary N) is 2. The maximum atomic E-state index is 10.4. The lowest BCUT2D eigenvalue weighted by Gasteiger charge is -2.11. The van der Waals surface area contributed by atoms with E-state index < -0.39 is 5.97 Å². The third-order valence-electron chi connectivity index (χ3n) is 2.28. The van der Waals surface area contributed by atoms with Crippen LogP contribution in [-0.4, -0.2) is 11.1 Å². The second-order valence-corrected chi connectivity index (χ2v) is 3.49. The highest BCUT2D eigenvalue weighted by atomic mass is 16.4. The van der Waals surface area contributed by atoms with E-state index in [4.69, 9.17) is 16.6 Å². The van der Waals surface area contributed by atoms with E-state index >= 15 is 0 Å². The van der Waals surface area contributed by atoms with Crippen molar-refractivity contribution in [2.45, 2.75) is 25.4 Å². The molecule has 0 aromatic heterocycles. The Labute approximate surface area is 88.9 Å². The van der Waals surface area contributed by atoms with Gasteiger partial charge in [0.05, 0.1) is 0 Å². The summed E-state index contributed by atoms with van der Waals surface area (Å²) in [5, 5.41) is 8.53. The summed E-state index contributed by atoms with van der Waals surface area (Å²) in [7, 11) is 0. The molecule has 4 nitrogen and oxygen atoms in total. The van der Waals surface area contributed by atoms with Gasteiger partial charge in [-0.25, -0.2) is 0 Å². The summed E-state index contributed by atoms with van der Waals surface area (Å²) in [6.45, 7) is 0.472. The molecule has 82 valence electrons. The number of hydrogen-bond acceptors (Lipinski definition) is 3. The van der Waals surface area contributed by atoms with Crippen molar-refractivity contribution < 1.29 is 9.90 Å². The van der Waals surface area contributed by atoms with E-state index in [1.807, 2.05) is 24.3 Å². The molecule has 15 heavy (non-hydrogen) atoms. The van der Waals surface area contributed by atoms with Gasteiger partial charge in [-0.15, -0.1) is 0 Å². The first-order chi connectivity index (χ1) is 7.13. The van der Waals surface area contributed by atoms with Crippen LogP contribution in [0.15, 0.2) is 24.3 Å². The quantitative estimate of drug-likeness (QED) is 0.673. The summed E-state index contributed by atoms with van der Waals surface area (Å²) in [4.78, 5) is 10.4. The van der Waals surface area contributed by atoms with E-state index in [0.717, 1.165) is 11.1 Å². The molecule has 0 amide bonds. The van der Waals surface area contributed by atoms with Crippen molar-refractivity contribution in [1.82, 2.24) is 0 Å². The van der Waals surface area contributed by atoms with E-state index in [1.165, 1.54) is 0 Å². The van der Waals surface area contributed by atoms with Crippen LogP contribution in [-0.2, 0) is 11.3 Å². The zero-order chi connectivity index (χ0) is 11.3. The zero-order valence-corrected chi connectivity index (χ0v) is 8.52. The summed E-state index contributed by atoms with van der Waals surface area (Å²) < 4.78 is 0. The lowest BCUT2D eigenvalue weighted by molar-refractivity contribution is -0.137. The highest BCUT2D eigenvalue weighted by molar-refractivity contribution is 5.66. The molecule has 0 fully saturated rings. The third kappa shape index (κ3) is 3.69. The fourth-order valence-corrected chi connectivity index (χ4v) is 1.40. The van der Waals surface area contributed by atoms with E-state index in [9.17, 15) is 4.79 Å². The Morgan fingerprint density at radius 1 is 1.47 bits per heavy atom. The van der Waals surface area contributed by atoms with Crippen LogP contribution < -0.4 is 11.5 Å². The van der Waals surface area contributed by atoms with Crippen LogP contribution >= 0.6 is 0 Å². The smallest absolute Gasteiger partial charge is 0.303 e. The molecule has 1 atom stereocenters. The molecule has 1 rings (SSSR count). The van der Waals surface area contributed by atoms with Crippen molar-refractivity contribution in [2.75, 3.05) is 0 Å². The molecule has 0 radical (unpaired) electrons. The molecule has 0 aliphatic heterocycles. The lowest BCUT2D eigenvalue weighted by Crippen LogP contribution is -2.12. The second-order valence-electron chi connectivity index (χ2n) is 3.49. The topological polar surface area (TPSA) is 89.3 Å². The van der Waals surface area contributed by atoms with Gasteiger partial charge in [0.15, 0.2) is 0 Å². The van der Waals surface area contributed by atoms with Gasteiger partial charge < -0.3 is 16.6 Å². The Bertz CT molecular complexity index is 339. The first-order valence-corrected chi connectivity index (χ1v) is 4.89. The van der Waals surface area contributed by atoms with Crippen molar-refractivity contribution in [3.63, 3.8) is 0 Å². The van der Waals surface area contributed by atoms with Crippen molar-refractivity contribution in [1.29, 1.82) is 0 Å². The maximum absolute atomic E-state index is 10.4. The molecular weight excluding hydrogens is 192 g/mol. The predicted octanol–water partition coefficient (Wildman–Crippen LogP) is 1.01. The Hall–Kier alpha value is -1.39. The normalized spacial score (nSPS) is 12.4. The van der Waals surface area contributed by atoms with Crippen LogP contribution in [0.1, 0.15) is 30.0 Å². The van der Waals surface area contributed by atoms with E-state index in [2.05, 4.69) is 0 Å². The highest BCUT2D eigenvalue weighted by Gasteiger charge is 2.08. The van der Waals surface area contributed by atoms with Crippen LogP contribution in [0.25, 0.3) is 0 Å². The number of carboxylic acids is 1. The molecule has 1 aromatic carbocycles. The van der Waals surface area contributed by atoms with E-state index in [-0.39, 0.29) is 12.5 Å². The number of hydrogen-bond donors (Lipinski definition) is 3. The minimum absolute atomic E-state index is 0.0913. The summed E-state index contributed by atoms with van der Waals surface area (Å²) in [5.41, 5.74) is 13.3. The van der Waals surface area contributed by atoms with Crippen molar-refractivity contribution in [2.24, 2.45) is 11.5 Å². The molecule has 0 saturated heterocycles. The standard InChI is InChI=1S/C11H16N2O2/c12-7-8-2-1-3-9(6-8)10(13)4-5-11(14)15/h1-3,6,10H,4-5,7,12-13H2,(H,14,15). The molecule has 1 aromatic rings. The SMILES string of the molecule is NCc1cccc(C(N)CCC(=O)O)c1. The Balaban J connectivity index is 2.64. The molecule has 0 aliphatic carbocycles. The minimum atomic E-state index is -0.819. The number of carbonyl (C=O) groups is 1. The third-order valence-corrected chi connectivity index (χ3v) is 2.28. The first-order valence-electron chi connectivity index (χ1n) is 4.89. The minimum Gasteiger partial charge on any atom is -0.481 e. The van der Waals surface area contributed by atoms with Gasteiger partial charge in [0.1, 0.15) is 0 Å². The summed E-state index contributed by atoms with van der Waals surface area (Å²) in [6, 6.07) is 7.40. The number of rotatable bonds is 5. The van der Waals surface area contributed by atoms with Crippen molar-refractivity contribution in [3.05, 3.63) is 35.4 Å². The summed E-state index contributed by atoms with van der Waals surface area (Å²) in [6.07, 6.45) is 0.539. The number of carboxylic acid groups (broad SMARTS) is 1. The van der Waals surface area contributed by atoms with Gasteiger partial charge in [-0.05, 0) is 17.5 Å². The van der Waals surface area contributed by atoms with Gasteiger partial charge in [0.2, 0.25) is 0 Å². The monoisotopic (exact) mass is 208 g/mol. The van der Waals surface area contributed by atoms with Crippen molar-refractivity contribution in [3.8, 4) is 0 Å². The fourth-order valence-electron chi connectivity index (χ4n) is 1.40. The Morgan fingerprint density at radius 3 is 2.80 bits per heavy atom. The predicted molar refractivity (Wildman–Crippen MR) is 58.1 cm³/mol. The van der Waals surface area contributed by atoms with Gasteiger partial charge >= 0.3 is 5.97 Å². The van der Waals surface area contributed by atoms with Gasteiger partial charge in [0.25, 0.3) is 0 Å². The molecular formula is C11H16N2O2. The van der Waals surface area contributed by atoms with Gasteiger partial charge in [-0.3, -0.25) is 4.79 Å². The van der Waals surface area contributed by atoms with Crippen LogP contribution in [0.2, 0.25) is 0 Å². The lowest BCUT2D eigenvalue weighted by atomic mass is 10.0. The zero-order valence-electron chi connectivity index (χ0n) is 8.52. The number of aliphatic carboxylic acids is 1. The highest BCUT2D eigenvalue weighted by Crippen LogP contribution is 2.16. The van der Waals surface area contributed by atoms with Gasteiger partial charge in [-0.2, -0.15) is 0 Å². The molecule has 0 spiro atoms. The second kappa shape index (κ2) is 5.48. The fraction of sp³-hybridized carbons (Fsp3) is 0.364. The average molecular weight is 208 g/mol. The Kier molecular flexibility index (Phi) is 4.27. The van der Waals surface area contributed by atoms with Crippen LogP contribution in [0, 0.1) is 0 Å². The van der Waals surface area contributed by atoms with E-state index in [0.29, 0.717) is 13.0 Å². The van der Waals surface area contributed by atoms with E-state index in [1.54, 1.807) is 0 Å².